The number of unbranched alkanes of at least 4 members (excludes halogenated alkanes) is 6. The highest BCUT2D eigenvalue weighted by Gasteiger charge is 2.06. The Balaban J connectivity index is 2.71. The Morgan fingerprint density at radius 3 is 2.32 bits per heavy atom. The predicted molar refractivity (Wildman–Crippen MR) is 133 cm³/mol. The van der Waals surface area contributed by atoms with Gasteiger partial charge in [-0.05, 0) is 51.3 Å². The van der Waals surface area contributed by atoms with Crippen molar-refractivity contribution in [2.75, 3.05) is 6.61 Å². The Hall–Kier alpha value is -2.55. The maximum atomic E-state index is 10.7. The first-order valence-electron chi connectivity index (χ1n) is 11.5. The van der Waals surface area contributed by atoms with Crippen molar-refractivity contribution in [2.24, 2.45) is 0 Å². The number of carboxylic acids is 1. The van der Waals surface area contributed by atoms with E-state index < -0.39 is 5.97 Å². The predicted octanol–water partition coefficient (Wildman–Crippen LogP) is 7.98. The molecule has 0 aliphatic carbocycles. The summed E-state index contributed by atoms with van der Waals surface area (Å²) in [6, 6.07) is 4.33. The molecule has 0 radical (unpaired) electrons. The van der Waals surface area contributed by atoms with Crippen molar-refractivity contribution in [3.05, 3.63) is 70.3 Å². The van der Waals surface area contributed by atoms with Crippen LogP contribution in [0.15, 0.2) is 53.7 Å². The molecule has 0 unspecified atom stereocenters. The molecule has 0 spiro atoms. The number of hydrogen-bond acceptors (Lipinski definition) is 2. The molecular formula is C28H40O3. The third-order valence-corrected chi connectivity index (χ3v) is 5.04. The summed E-state index contributed by atoms with van der Waals surface area (Å²) in [7, 11) is 0. The van der Waals surface area contributed by atoms with Crippen LogP contribution >= 0.6 is 0 Å². The molecule has 1 rings (SSSR count). The third kappa shape index (κ3) is 12.0. The number of hydrogen-bond donors (Lipinski definition) is 1. The summed E-state index contributed by atoms with van der Waals surface area (Å²) in [5.41, 5.74) is 5.27. The number of ether oxygens (including phenoxy) is 1. The number of allylic oxidation sites excluding steroid dienone is 6. The first-order valence-corrected chi connectivity index (χ1v) is 11.5. The normalized spacial score (nSPS) is 12.8. The Labute approximate surface area is 189 Å². The summed E-state index contributed by atoms with van der Waals surface area (Å²) >= 11 is 0. The topological polar surface area (TPSA) is 46.5 Å². The van der Waals surface area contributed by atoms with Gasteiger partial charge >= 0.3 is 5.97 Å². The molecule has 3 heteroatoms. The lowest BCUT2D eigenvalue weighted by atomic mass is 10.0. The fourth-order valence-corrected chi connectivity index (χ4v) is 3.41. The van der Waals surface area contributed by atoms with E-state index in [9.17, 15) is 4.79 Å². The minimum absolute atomic E-state index is 0.705. The molecular weight excluding hydrogens is 384 g/mol. The molecule has 0 heterocycles. The van der Waals surface area contributed by atoms with Gasteiger partial charge in [0.2, 0.25) is 0 Å². The van der Waals surface area contributed by atoms with E-state index in [1.54, 1.807) is 13.0 Å². The second-order valence-corrected chi connectivity index (χ2v) is 8.30. The van der Waals surface area contributed by atoms with Gasteiger partial charge in [-0.25, -0.2) is 4.79 Å². The number of carbonyl (C=O) groups is 1. The Morgan fingerprint density at radius 1 is 0.968 bits per heavy atom. The van der Waals surface area contributed by atoms with Crippen LogP contribution in [0.4, 0.5) is 0 Å². The van der Waals surface area contributed by atoms with E-state index in [1.165, 1.54) is 55.7 Å². The monoisotopic (exact) mass is 424 g/mol. The second-order valence-electron chi connectivity index (χ2n) is 8.30. The van der Waals surface area contributed by atoms with E-state index in [4.69, 9.17) is 9.84 Å². The number of aliphatic carboxylic acids is 1. The average molecular weight is 425 g/mol. The lowest BCUT2D eigenvalue weighted by Crippen LogP contribution is -2.01. The lowest BCUT2D eigenvalue weighted by Gasteiger charge is -2.13. The van der Waals surface area contributed by atoms with Crippen LogP contribution in [0.1, 0.15) is 82.4 Å². The minimum Gasteiger partial charge on any atom is -0.493 e. The summed E-state index contributed by atoms with van der Waals surface area (Å²) in [4.78, 5) is 10.7. The Bertz CT molecular complexity index is 810. The van der Waals surface area contributed by atoms with Crippen LogP contribution < -0.4 is 4.74 Å². The van der Waals surface area contributed by atoms with Crippen LogP contribution in [-0.4, -0.2) is 17.7 Å². The van der Waals surface area contributed by atoms with Gasteiger partial charge in [0.15, 0.2) is 0 Å². The van der Waals surface area contributed by atoms with Gasteiger partial charge in [-0.2, -0.15) is 0 Å². The van der Waals surface area contributed by atoms with E-state index >= 15 is 0 Å². The van der Waals surface area contributed by atoms with Gasteiger partial charge in [-0.3, -0.25) is 0 Å². The van der Waals surface area contributed by atoms with Gasteiger partial charge < -0.3 is 9.84 Å². The molecule has 0 aromatic heterocycles. The molecule has 0 bridgehead atoms. The van der Waals surface area contributed by atoms with Crippen molar-refractivity contribution in [3.63, 3.8) is 0 Å². The van der Waals surface area contributed by atoms with Crippen molar-refractivity contribution in [1.82, 2.24) is 0 Å². The number of aryl methyl sites for hydroxylation is 2. The van der Waals surface area contributed by atoms with E-state index in [2.05, 4.69) is 45.1 Å². The number of benzene rings is 1. The van der Waals surface area contributed by atoms with Gasteiger partial charge in [0.05, 0.1) is 6.61 Å². The van der Waals surface area contributed by atoms with Gasteiger partial charge in [0.25, 0.3) is 0 Å². The molecule has 3 nitrogen and oxygen atoms in total. The third-order valence-electron chi connectivity index (χ3n) is 5.04. The standard InChI is InChI=1S/C28H40O3/c1-6-7-8-9-10-11-12-18-31-28-25(5)19-24(4)20-26(28)17-16-22(2)14-13-15-23(3)21-27(29)30/h13-17,19-21H,6-12,18H2,1-5H3,(H,29,30). The van der Waals surface area contributed by atoms with Crippen LogP contribution in [0.3, 0.4) is 0 Å². The van der Waals surface area contributed by atoms with Crippen molar-refractivity contribution >= 4 is 12.0 Å². The zero-order chi connectivity index (χ0) is 23.1. The minimum atomic E-state index is -0.929. The van der Waals surface area contributed by atoms with Crippen LogP contribution in [0.25, 0.3) is 6.08 Å². The van der Waals surface area contributed by atoms with Crippen molar-refractivity contribution in [1.29, 1.82) is 0 Å². The van der Waals surface area contributed by atoms with Gasteiger partial charge in [-0.1, -0.05) is 93.0 Å². The zero-order valence-corrected chi connectivity index (χ0v) is 20.0. The highest BCUT2D eigenvalue weighted by Crippen LogP contribution is 2.27. The van der Waals surface area contributed by atoms with Crippen LogP contribution in [-0.2, 0) is 4.79 Å². The number of rotatable bonds is 14. The van der Waals surface area contributed by atoms with Crippen LogP contribution in [0.2, 0.25) is 0 Å². The van der Waals surface area contributed by atoms with Gasteiger partial charge in [0, 0.05) is 11.6 Å². The summed E-state index contributed by atoms with van der Waals surface area (Å²) in [5.74, 6) is 0.0398. The molecule has 31 heavy (non-hydrogen) atoms. The fourth-order valence-electron chi connectivity index (χ4n) is 3.41. The first-order chi connectivity index (χ1) is 14.8. The second kappa shape index (κ2) is 15.3. The van der Waals surface area contributed by atoms with E-state index in [0.717, 1.165) is 29.9 Å². The molecule has 1 aromatic carbocycles. The van der Waals surface area contributed by atoms with E-state index in [1.807, 2.05) is 19.1 Å². The molecule has 1 aromatic rings. The van der Waals surface area contributed by atoms with Crippen molar-refractivity contribution in [2.45, 2.75) is 79.6 Å². The Kier molecular flexibility index (Phi) is 13.1. The largest absolute Gasteiger partial charge is 0.493 e. The van der Waals surface area contributed by atoms with Gasteiger partial charge in [-0.15, -0.1) is 0 Å². The molecule has 0 aliphatic heterocycles. The van der Waals surface area contributed by atoms with E-state index in [0.29, 0.717) is 5.57 Å². The molecule has 0 atom stereocenters. The quantitative estimate of drug-likeness (QED) is 0.187. The average Bonchev–Trinajstić information content (AvgIpc) is 2.69. The molecule has 0 amide bonds. The van der Waals surface area contributed by atoms with Crippen molar-refractivity contribution < 1.29 is 14.6 Å². The summed E-state index contributed by atoms with van der Waals surface area (Å²) in [6.07, 6.45) is 19.9. The van der Waals surface area contributed by atoms with Crippen LogP contribution in [0.5, 0.6) is 5.75 Å². The smallest absolute Gasteiger partial charge is 0.328 e. The maximum absolute atomic E-state index is 10.7. The highest BCUT2D eigenvalue weighted by atomic mass is 16.5. The van der Waals surface area contributed by atoms with Crippen molar-refractivity contribution in [3.8, 4) is 5.75 Å². The molecule has 0 saturated heterocycles. The maximum Gasteiger partial charge on any atom is 0.328 e. The lowest BCUT2D eigenvalue weighted by molar-refractivity contribution is -0.131. The number of carboxylic acid groups (broad SMARTS) is 1. The van der Waals surface area contributed by atoms with E-state index in [-0.39, 0.29) is 0 Å². The molecule has 1 N–H and O–H groups in total. The molecule has 0 saturated carbocycles. The SMILES string of the molecule is CCCCCCCCCOc1c(C)cc(C)cc1C=CC(C)=CC=CC(C)=CC(=O)O. The first kappa shape index (κ1) is 26.5. The summed E-state index contributed by atoms with van der Waals surface area (Å²) in [5, 5.41) is 8.76. The Morgan fingerprint density at radius 2 is 1.65 bits per heavy atom. The molecule has 170 valence electrons. The van der Waals surface area contributed by atoms with Crippen LogP contribution in [0, 0.1) is 13.8 Å². The molecule has 0 aliphatic rings. The summed E-state index contributed by atoms with van der Waals surface area (Å²) < 4.78 is 6.18. The summed E-state index contributed by atoms with van der Waals surface area (Å²) in [6.45, 7) is 11.0. The fraction of sp³-hybridized carbons (Fsp3) is 0.464. The highest BCUT2D eigenvalue weighted by molar-refractivity contribution is 5.81. The van der Waals surface area contributed by atoms with Gasteiger partial charge in [0.1, 0.15) is 5.75 Å². The molecule has 0 fully saturated rings. The zero-order valence-electron chi connectivity index (χ0n) is 20.0.